The molecular weight excluding hydrogens is 236 g/mol. The fourth-order valence-corrected chi connectivity index (χ4v) is 2.81. The molecule has 1 aliphatic heterocycles. The Bertz CT molecular complexity index is 392. The van der Waals surface area contributed by atoms with Crippen LogP contribution in [0.25, 0.3) is 0 Å². The van der Waals surface area contributed by atoms with Crippen molar-refractivity contribution in [1.29, 1.82) is 0 Å². The molecule has 0 bridgehead atoms. The smallest absolute Gasteiger partial charge is 0.121 e. The number of hydrogen-bond donors (Lipinski definition) is 0. The van der Waals surface area contributed by atoms with Crippen molar-refractivity contribution in [1.82, 2.24) is 0 Å². The molecule has 2 nitrogen and oxygen atoms in total. The van der Waals surface area contributed by atoms with E-state index in [0.29, 0.717) is 5.92 Å². The minimum atomic E-state index is -0.0721. The molecule has 0 aromatic heterocycles. The number of halogens is 1. The second-order valence-electron chi connectivity index (χ2n) is 4.73. The van der Waals surface area contributed by atoms with Crippen LogP contribution in [0.4, 0.5) is 0 Å². The van der Waals surface area contributed by atoms with E-state index < -0.39 is 0 Å². The van der Waals surface area contributed by atoms with Crippen LogP contribution in [0.1, 0.15) is 29.8 Å². The third-order valence-electron chi connectivity index (χ3n) is 3.47. The largest absolute Gasteiger partial charge is 0.496 e. The number of methoxy groups -OCH3 is 1. The Kier molecular flexibility index (Phi) is 3.95. The summed E-state index contributed by atoms with van der Waals surface area (Å²) >= 11 is 6.51. The molecule has 1 aliphatic rings. The molecule has 1 fully saturated rings. The van der Waals surface area contributed by atoms with Gasteiger partial charge in [0.1, 0.15) is 5.75 Å². The summed E-state index contributed by atoms with van der Waals surface area (Å²) in [5.74, 6) is 1.43. The number of hydrogen-bond acceptors (Lipinski definition) is 2. The molecule has 0 amide bonds. The van der Waals surface area contributed by atoms with Gasteiger partial charge in [0.2, 0.25) is 0 Å². The molecule has 3 unspecified atom stereocenters. The summed E-state index contributed by atoms with van der Waals surface area (Å²) < 4.78 is 11.0. The van der Waals surface area contributed by atoms with E-state index in [0.717, 1.165) is 29.9 Å². The van der Waals surface area contributed by atoms with Crippen molar-refractivity contribution in [3.05, 3.63) is 29.3 Å². The molecule has 0 spiro atoms. The van der Waals surface area contributed by atoms with Gasteiger partial charge in [-0.3, -0.25) is 0 Å². The summed E-state index contributed by atoms with van der Waals surface area (Å²) in [6.07, 6.45) is 1.23. The van der Waals surface area contributed by atoms with Gasteiger partial charge >= 0.3 is 0 Å². The molecule has 1 saturated heterocycles. The Hall–Kier alpha value is -0.730. The van der Waals surface area contributed by atoms with Crippen LogP contribution in [0.5, 0.6) is 5.75 Å². The first kappa shape index (κ1) is 12.7. The van der Waals surface area contributed by atoms with Crippen LogP contribution < -0.4 is 4.74 Å². The normalized spacial score (nSPS) is 25.9. The minimum absolute atomic E-state index is 0.0721. The second-order valence-corrected chi connectivity index (χ2v) is 5.20. The van der Waals surface area contributed by atoms with E-state index in [9.17, 15) is 0 Å². The van der Waals surface area contributed by atoms with Crippen LogP contribution in [0.15, 0.2) is 18.2 Å². The fraction of sp³-hybridized carbons (Fsp3) is 0.571. The van der Waals surface area contributed by atoms with Gasteiger partial charge in [-0.2, -0.15) is 0 Å². The topological polar surface area (TPSA) is 18.5 Å². The molecule has 94 valence electrons. The number of benzene rings is 1. The predicted octanol–water partition coefficient (Wildman–Crippen LogP) is 3.71. The molecule has 3 atom stereocenters. The Morgan fingerprint density at radius 2 is 2.24 bits per heavy atom. The SMILES string of the molecule is COc1ccc(C(Cl)C2OCCC2C)cc1C. The fourth-order valence-electron chi connectivity index (χ4n) is 2.35. The Morgan fingerprint density at radius 1 is 1.47 bits per heavy atom. The molecule has 1 heterocycles. The van der Waals surface area contributed by atoms with E-state index in [-0.39, 0.29) is 11.5 Å². The quantitative estimate of drug-likeness (QED) is 0.766. The minimum Gasteiger partial charge on any atom is -0.496 e. The summed E-state index contributed by atoms with van der Waals surface area (Å²) in [7, 11) is 1.68. The molecule has 0 saturated carbocycles. The number of rotatable bonds is 3. The van der Waals surface area contributed by atoms with Gasteiger partial charge in [-0.1, -0.05) is 19.1 Å². The Morgan fingerprint density at radius 3 is 2.76 bits per heavy atom. The lowest BCUT2D eigenvalue weighted by molar-refractivity contribution is 0.0903. The first-order valence-electron chi connectivity index (χ1n) is 6.03. The summed E-state index contributed by atoms with van der Waals surface area (Å²) in [4.78, 5) is 0. The van der Waals surface area contributed by atoms with E-state index in [1.165, 1.54) is 0 Å². The van der Waals surface area contributed by atoms with Crippen molar-refractivity contribution in [3.63, 3.8) is 0 Å². The average molecular weight is 255 g/mol. The van der Waals surface area contributed by atoms with Gasteiger partial charge in [0.05, 0.1) is 18.6 Å². The van der Waals surface area contributed by atoms with Crippen molar-refractivity contribution in [3.8, 4) is 5.75 Å². The lowest BCUT2D eigenvalue weighted by Crippen LogP contribution is -2.19. The van der Waals surface area contributed by atoms with Gasteiger partial charge in [-0.15, -0.1) is 11.6 Å². The summed E-state index contributed by atoms with van der Waals surface area (Å²) in [5, 5.41) is -0.0721. The van der Waals surface area contributed by atoms with E-state index in [2.05, 4.69) is 13.0 Å². The molecule has 17 heavy (non-hydrogen) atoms. The van der Waals surface area contributed by atoms with Crippen LogP contribution in [-0.4, -0.2) is 19.8 Å². The molecule has 2 rings (SSSR count). The van der Waals surface area contributed by atoms with Crippen molar-refractivity contribution in [2.24, 2.45) is 5.92 Å². The van der Waals surface area contributed by atoms with Crippen LogP contribution in [0, 0.1) is 12.8 Å². The maximum absolute atomic E-state index is 6.51. The highest BCUT2D eigenvalue weighted by molar-refractivity contribution is 6.21. The zero-order valence-corrected chi connectivity index (χ0v) is 11.3. The zero-order valence-electron chi connectivity index (χ0n) is 10.6. The van der Waals surface area contributed by atoms with Gasteiger partial charge in [-0.25, -0.2) is 0 Å². The average Bonchev–Trinajstić information content (AvgIpc) is 2.74. The maximum Gasteiger partial charge on any atom is 0.121 e. The van der Waals surface area contributed by atoms with Gasteiger partial charge in [0, 0.05) is 6.61 Å². The molecule has 3 heteroatoms. The van der Waals surface area contributed by atoms with Crippen molar-refractivity contribution in [2.45, 2.75) is 31.7 Å². The number of alkyl halides is 1. The molecule has 0 N–H and O–H groups in total. The second kappa shape index (κ2) is 5.28. The monoisotopic (exact) mass is 254 g/mol. The third-order valence-corrected chi connectivity index (χ3v) is 3.97. The van der Waals surface area contributed by atoms with E-state index in [1.807, 2.05) is 19.1 Å². The molecule has 0 aliphatic carbocycles. The van der Waals surface area contributed by atoms with E-state index in [1.54, 1.807) is 7.11 Å². The highest BCUT2D eigenvalue weighted by Gasteiger charge is 2.31. The highest BCUT2D eigenvalue weighted by atomic mass is 35.5. The summed E-state index contributed by atoms with van der Waals surface area (Å²) in [6.45, 7) is 5.05. The van der Waals surface area contributed by atoms with Crippen molar-refractivity contribution in [2.75, 3.05) is 13.7 Å². The first-order chi connectivity index (χ1) is 8.13. The molecule has 1 aromatic rings. The summed E-state index contributed by atoms with van der Waals surface area (Å²) in [5.41, 5.74) is 2.23. The van der Waals surface area contributed by atoms with Gasteiger partial charge in [0.25, 0.3) is 0 Å². The number of aryl methyl sites for hydroxylation is 1. The van der Waals surface area contributed by atoms with Crippen LogP contribution in [-0.2, 0) is 4.74 Å². The Balaban J connectivity index is 2.19. The van der Waals surface area contributed by atoms with Crippen molar-refractivity contribution < 1.29 is 9.47 Å². The van der Waals surface area contributed by atoms with Crippen molar-refractivity contribution >= 4 is 11.6 Å². The van der Waals surface area contributed by atoms with E-state index >= 15 is 0 Å². The summed E-state index contributed by atoms with van der Waals surface area (Å²) in [6, 6.07) is 6.09. The highest BCUT2D eigenvalue weighted by Crippen LogP contribution is 2.36. The van der Waals surface area contributed by atoms with Gasteiger partial charge in [-0.05, 0) is 36.5 Å². The van der Waals surface area contributed by atoms with Gasteiger partial charge < -0.3 is 9.47 Å². The third kappa shape index (κ3) is 2.58. The Labute approximate surface area is 108 Å². The van der Waals surface area contributed by atoms with Crippen LogP contribution >= 0.6 is 11.6 Å². The maximum atomic E-state index is 6.51. The van der Waals surface area contributed by atoms with Crippen LogP contribution in [0.2, 0.25) is 0 Å². The lowest BCUT2D eigenvalue weighted by Gasteiger charge is -2.21. The zero-order chi connectivity index (χ0) is 12.4. The van der Waals surface area contributed by atoms with E-state index in [4.69, 9.17) is 21.1 Å². The van der Waals surface area contributed by atoms with Gasteiger partial charge in [0.15, 0.2) is 0 Å². The predicted molar refractivity (Wildman–Crippen MR) is 69.8 cm³/mol. The molecule has 1 aromatic carbocycles. The first-order valence-corrected chi connectivity index (χ1v) is 6.47. The van der Waals surface area contributed by atoms with Crippen LogP contribution in [0.3, 0.4) is 0 Å². The molecular formula is C14H19ClO2. The molecule has 0 radical (unpaired) electrons. The lowest BCUT2D eigenvalue weighted by atomic mass is 9.96. The number of ether oxygens (including phenoxy) is 2. The standard InChI is InChI=1S/C14H19ClO2/c1-9-6-7-17-14(9)13(15)11-4-5-12(16-3)10(2)8-11/h4-5,8-9,13-14H,6-7H2,1-3H3.